The van der Waals surface area contributed by atoms with Gasteiger partial charge in [-0.25, -0.2) is 9.89 Å². The molecule has 0 bridgehead atoms. The van der Waals surface area contributed by atoms with E-state index in [0.717, 1.165) is 11.3 Å². The van der Waals surface area contributed by atoms with Crippen molar-refractivity contribution < 1.29 is 4.79 Å². The fourth-order valence-electron chi connectivity index (χ4n) is 3.29. The second kappa shape index (κ2) is 8.00. The maximum Gasteiger partial charge on any atom is 0.340 e. The van der Waals surface area contributed by atoms with Crippen LogP contribution in [0.15, 0.2) is 53.3 Å². The SMILES string of the molecule is Cc1nn(Cc2ccc(Cl)cc2)c(C)c1C(=O)Nc1cccc(-c2n[nH]c(=O)[nH]2)c1. The molecule has 0 saturated carbocycles. The lowest BCUT2D eigenvalue weighted by molar-refractivity contribution is 0.102. The third-order valence-corrected chi connectivity index (χ3v) is 5.00. The van der Waals surface area contributed by atoms with E-state index in [1.807, 2.05) is 38.1 Å². The van der Waals surface area contributed by atoms with Gasteiger partial charge in [0.2, 0.25) is 0 Å². The average molecular weight is 423 g/mol. The molecule has 0 radical (unpaired) electrons. The first kappa shape index (κ1) is 19.7. The van der Waals surface area contributed by atoms with Crippen LogP contribution in [0.5, 0.6) is 0 Å². The molecule has 3 N–H and O–H groups in total. The number of aryl methyl sites for hydroxylation is 1. The maximum absolute atomic E-state index is 13.0. The third-order valence-electron chi connectivity index (χ3n) is 4.75. The first-order valence-electron chi connectivity index (χ1n) is 9.25. The summed E-state index contributed by atoms with van der Waals surface area (Å²) in [5, 5.41) is 14.3. The highest BCUT2D eigenvalue weighted by atomic mass is 35.5. The van der Waals surface area contributed by atoms with Crippen molar-refractivity contribution in [3.63, 3.8) is 0 Å². The van der Waals surface area contributed by atoms with Crippen LogP contribution < -0.4 is 11.0 Å². The number of nitrogens with zero attached hydrogens (tertiary/aromatic N) is 3. The van der Waals surface area contributed by atoms with Gasteiger partial charge >= 0.3 is 5.69 Å². The van der Waals surface area contributed by atoms with Crippen molar-refractivity contribution in [1.29, 1.82) is 0 Å². The molecular weight excluding hydrogens is 404 g/mol. The number of benzene rings is 2. The van der Waals surface area contributed by atoms with Gasteiger partial charge in [0.25, 0.3) is 5.91 Å². The standard InChI is InChI=1S/C21H19ClN6O2/c1-12-18(13(2)28(27-12)11-14-6-8-16(22)9-7-14)20(29)23-17-5-3-4-15(10-17)19-24-21(30)26-25-19/h3-10H,11H2,1-2H3,(H,23,29)(H2,24,25,26,30). The molecule has 0 unspecified atom stereocenters. The fourth-order valence-corrected chi connectivity index (χ4v) is 3.41. The van der Waals surface area contributed by atoms with E-state index in [2.05, 4.69) is 25.6 Å². The summed E-state index contributed by atoms with van der Waals surface area (Å²) < 4.78 is 1.80. The number of hydrogen-bond donors (Lipinski definition) is 3. The second-order valence-corrected chi connectivity index (χ2v) is 7.33. The summed E-state index contributed by atoms with van der Waals surface area (Å²) in [5.41, 5.74) is 3.86. The topological polar surface area (TPSA) is 108 Å². The first-order valence-corrected chi connectivity index (χ1v) is 9.63. The molecule has 8 nitrogen and oxygen atoms in total. The lowest BCUT2D eigenvalue weighted by atomic mass is 10.1. The van der Waals surface area contributed by atoms with E-state index in [1.165, 1.54) is 0 Å². The van der Waals surface area contributed by atoms with Gasteiger partial charge in [-0.3, -0.25) is 14.5 Å². The zero-order valence-corrected chi connectivity index (χ0v) is 17.1. The predicted molar refractivity (Wildman–Crippen MR) is 115 cm³/mol. The van der Waals surface area contributed by atoms with Crippen LogP contribution in [0.25, 0.3) is 11.4 Å². The normalized spacial score (nSPS) is 10.9. The summed E-state index contributed by atoms with van der Waals surface area (Å²) in [5.74, 6) is 0.152. The number of halogens is 1. The monoisotopic (exact) mass is 422 g/mol. The molecule has 4 aromatic rings. The van der Waals surface area contributed by atoms with Crippen LogP contribution in [-0.4, -0.2) is 30.9 Å². The molecule has 2 aromatic carbocycles. The van der Waals surface area contributed by atoms with E-state index in [-0.39, 0.29) is 5.91 Å². The third kappa shape index (κ3) is 4.04. The Bertz CT molecular complexity index is 1270. The Morgan fingerprint density at radius 1 is 1.17 bits per heavy atom. The minimum absolute atomic E-state index is 0.250. The predicted octanol–water partition coefficient (Wildman–Crippen LogP) is 3.53. The largest absolute Gasteiger partial charge is 0.340 e. The van der Waals surface area contributed by atoms with Gasteiger partial charge in [-0.2, -0.15) is 10.2 Å². The van der Waals surface area contributed by atoms with Crippen LogP contribution in [0.1, 0.15) is 27.3 Å². The van der Waals surface area contributed by atoms with Crippen molar-refractivity contribution >= 4 is 23.2 Å². The van der Waals surface area contributed by atoms with E-state index in [1.54, 1.807) is 28.9 Å². The highest BCUT2D eigenvalue weighted by molar-refractivity contribution is 6.30. The minimum atomic E-state index is -0.390. The van der Waals surface area contributed by atoms with E-state index in [0.29, 0.717) is 39.9 Å². The van der Waals surface area contributed by atoms with Crippen LogP contribution in [0.4, 0.5) is 5.69 Å². The molecule has 0 aliphatic heterocycles. The average Bonchev–Trinajstić information content (AvgIpc) is 3.27. The van der Waals surface area contributed by atoms with Crippen molar-refractivity contribution in [3.8, 4) is 11.4 Å². The Hall–Kier alpha value is -3.65. The molecule has 4 rings (SSSR count). The lowest BCUT2D eigenvalue weighted by Gasteiger charge is -2.08. The van der Waals surface area contributed by atoms with Crippen LogP contribution >= 0.6 is 11.6 Å². The number of rotatable bonds is 5. The quantitative estimate of drug-likeness (QED) is 0.457. The number of aromatic amines is 2. The highest BCUT2D eigenvalue weighted by Gasteiger charge is 2.19. The number of hydrogen-bond acceptors (Lipinski definition) is 4. The number of nitrogens with one attached hydrogen (secondary N) is 3. The van der Waals surface area contributed by atoms with Gasteiger partial charge in [0.1, 0.15) is 0 Å². The highest BCUT2D eigenvalue weighted by Crippen LogP contribution is 2.21. The Balaban J connectivity index is 1.56. The number of H-pyrrole nitrogens is 2. The van der Waals surface area contributed by atoms with Crippen LogP contribution in [-0.2, 0) is 6.54 Å². The Kier molecular flexibility index (Phi) is 5.24. The Labute approximate surface area is 176 Å². The smallest absolute Gasteiger partial charge is 0.322 e. The Morgan fingerprint density at radius 3 is 2.63 bits per heavy atom. The van der Waals surface area contributed by atoms with Gasteiger partial charge in [0.05, 0.1) is 17.8 Å². The second-order valence-electron chi connectivity index (χ2n) is 6.89. The van der Waals surface area contributed by atoms with Crippen molar-refractivity contribution in [2.24, 2.45) is 0 Å². The lowest BCUT2D eigenvalue weighted by Crippen LogP contribution is -2.14. The van der Waals surface area contributed by atoms with Gasteiger partial charge < -0.3 is 5.32 Å². The van der Waals surface area contributed by atoms with Crippen molar-refractivity contribution in [1.82, 2.24) is 25.0 Å². The number of amides is 1. The van der Waals surface area contributed by atoms with Gasteiger partial charge in [0, 0.05) is 22.0 Å². The van der Waals surface area contributed by atoms with Crippen molar-refractivity contribution in [2.45, 2.75) is 20.4 Å². The molecule has 2 aromatic heterocycles. The number of carbonyl (C=O) groups is 1. The van der Waals surface area contributed by atoms with Crippen LogP contribution in [0.3, 0.4) is 0 Å². The van der Waals surface area contributed by atoms with E-state index < -0.39 is 5.69 Å². The number of carbonyl (C=O) groups excluding carboxylic acids is 1. The molecule has 1 amide bonds. The number of anilines is 1. The zero-order chi connectivity index (χ0) is 21.3. The van der Waals surface area contributed by atoms with Gasteiger partial charge in [0.15, 0.2) is 5.82 Å². The van der Waals surface area contributed by atoms with Gasteiger partial charge in [-0.15, -0.1) is 0 Å². The van der Waals surface area contributed by atoms with Gasteiger partial charge in [-0.1, -0.05) is 35.9 Å². The molecule has 9 heteroatoms. The fraction of sp³-hybridized carbons (Fsp3) is 0.143. The van der Waals surface area contributed by atoms with E-state index >= 15 is 0 Å². The summed E-state index contributed by atoms with van der Waals surface area (Å²) in [6.07, 6.45) is 0. The Morgan fingerprint density at radius 2 is 1.93 bits per heavy atom. The van der Waals surface area contributed by atoms with E-state index in [4.69, 9.17) is 11.6 Å². The molecule has 152 valence electrons. The maximum atomic E-state index is 13.0. The molecule has 0 aliphatic rings. The summed E-state index contributed by atoms with van der Waals surface area (Å²) in [6.45, 7) is 4.22. The molecule has 0 spiro atoms. The molecule has 2 heterocycles. The first-order chi connectivity index (χ1) is 14.4. The van der Waals surface area contributed by atoms with Crippen molar-refractivity contribution in [2.75, 3.05) is 5.32 Å². The van der Waals surface area contributed by atoms with Crippen LogP contribution in [0.2, 0.25) is 5.02 Å². The summed E-state index contributed by atoms with van der Waals surface area (Å²) >= 11 is 5.95. The zero-order valence-electron chi connectivity index (χ0n) is 16.4. The summed E-state index contributed by atoms with van der Waals surface area (Å²) in [7, 11) is 0. The van der Waals surface area contributed by atoms with Crippen molar-refractivity contribution in [3.05, 3.63) is 86.6 Å². The molecule has 30 heavy (non-hydrogen) atoms. The molecule has 0 atom stereocenters. The number of aromatic nitrogens is 5. The van der Waals surface area contributed by atoms with Crippen LogP contribution in [0, 0.1) is 13.8 Å². The molecule has 0 fully saturated rings. The summed E-state index contributed by atoms with van der Waals surface area (Å²) in [6, 6.07) is 14.6. The minimum Gasteiger partial charge on any atom is -0.322 e. The molecule has 0 saturated heterocycles. The molecule has 0 aliphatic carbocycles. The molecular formula is C21H19ClN6O2. The van der Waals surface area contributed by atoms with E-state index in [9.17, 15) is 9.59 Å². The van der Waals surface area contributed by atoms with Gasteiger partial charge in [-0.05, 0) is 43.7 Å². The summed E-state index contributed by atoms with van der Waals surface area (Å²) in [4.78, 5) is 26.8.